The zero-order valence-electron chi connectivity index (χ0n) is 23.0. The minimum Gasteiger partial charge on any atom is -0.494 e. The van der Waals surface area contributed by atoms with Gasteiger partial charge in [0.25, 0.3) is 0 Å². The Kier molecular flexibility index (Phi) is 11.1. The van der Waals surface area contributed by atoms with Crippen molar-refractivity contribution in [3.63, 3.8) is 0 Å². The number of carbonyl (C=O) groups is 1. The molecule has 4 rings (SSSR count). The summed E-state index contributed by atoms with van der Waals surface area (Å²) in [5, 5.41) is 9.00. The summed E-state index contributed by atoms with van der Waals surface area (Å²) in [5.74, 6) is -0.712. The number of allylic oxidation sites excluding steroid dienone is 3. The van der Waals surface area contributed by atoms with Gasteiger partial charge in [-0.05, 0) is 59.7 Å². The summed E-state index contributed by atoms with van der Waals surface area (Å²) in [7, 11) is 0. The molecular weight excluding hydrogens is 567 g/mol. The molecule has 1 aliphatic rings. The van der Waals surface area contributed by atoms with Crippen molar-refractivity contribution in [3.05, 3.63) is 118 Å². The molecule has 5 nitrogen and oxygen atoms in total. The van der Waals surface area contributed by atoms with E-state index in [0.29, 0.717) is 49.5 Å². The fraction of sp³-hybridized carbons (Fsp3) is 0.303. The van der Waals surface area contributed by atoms with Gasteiger partial charge in [0.2, 0.25) is 0 Å². The molecule has 0 bridgehead atoms. The molecule has 0 saturated heterocycles. The molecular formula is C33H33ClF3NO4. The van der Waals surface area contributed by atoms with Crippen molar-refractivity contribution in [1.82, 2.24) is 4.90 Å². The standard InChI is InChI=1S/C33H33ClF3NO4/c34-32-27(15-8-17-30(32)42-33(35,36)37)22-38(18-9-19-41-28-16-7-10-24(20-28)21-31(39)40)23-29(25-11-3-1-4-12-25)26-13-5-2-6-14-26/h1,3-5,7-8,10-17,20,29H,2,6,9,18-19,21-23H2,(H,39,40). The normalized spacial score (nSPS) is 14.0. The molecule has 9 heteroatoms. The maximum absolute atomic E-state index is 13.0. The SMILES string of the molecule is O=C(O)Cc1cccc(OCCCN(Cc2cccc(OC(F)(F)F)c2Cl)CC(C2=CCCC=C2)c2ccccc2)c1. The summed E-state index contributed by atoms with van der Waals surface area (Å²) in [4.78, 5) is 13.2. The van der Waals surface area contributed by atoms with E-state index in [2.05, 4.69) is 40.0 Å². The Balaban J connectivity index is 1.53. The van der Waals surface area contributed by atoms with Crippen molar-refractivity contribution in [2.24, 2.45) is 0 Å². The Morgan fingerprint density at radius 2 is 1.81 bits per heavy atom. The second kappa shape index (κ2) is 14.9. The lowest BCUT2D eigenvalue weighted by Crippen LogP contribution is -2.31. The number of carboxylic acids is 1. The van der Waals surface area contributed by atoms with E-state index >= 15 is 0 Å². The lowest BCUT2D eigenvalue weighted by molar-refractivity contribution is -0.274. The van der Waals surface area contributed by atoms with Crippen LogP contribution >= 0.6 is 11.6 Å². The van der Waals surface area contributed by atoms with Gasteiger partial charge in [-0.3, -0.25) is 9.69 Å². The highest BCUT2D eigenvalue weighted by atomic mass is 35.5. The predicted molar refractivity (Wildman–Crippen MR) is 157 cm³/mol. The van der Waals surface area contributed by atoms with Gasteiger partial charge in [0.05, 0.1) is 18.1 Å². The third-order valence-corrected chi connectivity index (χ3v) is 7.30. The van der Waals surface area contributed by atoms with E-state index in [1.165, 1.54) is 17.7 Å². The monoisotopic (exact) mass is 599 g/mol. The Morgan fingerprint density at radius 3 is 2.52 bits per heavy atom. The minimum atomic E-state index is -4.85. The summed E-state index contributed by atoms with van der Waals surface area (Å²) in [6.45, 7) is 1.86. The molecule has 1 atom stereocenters. The third-order valence-electron chi connectivity index (χ3n) is 6.87. The Labute approximate surface area is 248 Å². The molecule has 3 aromatic rings. The number of hydrogen-bond donors (Lipinski definition) is 1. The van der Waals surface area contributed by atoms with Crippen molar-refractivity contribution >= 4 is 17.6 Å². The summed E-state index contributed by atoms with van der Waals surface area (Å²) in [6.07, 6.45) is 4.18. The molecule has 0 saturated carbocycles. The van der Waals surface area contributed by atoms with Crippen LogP contribution in [0.2, 0.25) is 5.02 Å². The first-order valence-electron chi connectivity index (χ1n) is 13.8. The van der Waals surface area contributed by atoms with Crippen LogP contribution in [-0.2, 0) is 17.8 Å². The van der Waals surface area contributed by atoms with Gasteiger partial charge in [-0.15, -0.1) is 13.2 Å². The van der Waals surface area contributed by atoms with Crippen LogP contribution in [0.4, 0.5) is 13.2 Å². The molecule has 222 valence electrons. The van der Waals surface area contributed by atoms with E-state index < -0.39 is 18.1 Å². The number of rotatable bonds is 14. The number of aliphatic carboxylic acids is 1. The zero-order chi connectivity index (χ0) is 30.0. The summed E-state index contributed by atoms with van der Waals surface area (Å²) < 4.78 is 49.0. The van der Waals surface area contributed by atoms with E-state index in [0.717, 1.165) is 18.4 Å². The van der Waals surface area contributed by atoms with E-state index in [-0.39, 0.29) is 17.4 Å². The molecule has 0 heterocycles. The average molecular weight is 600 g/mol. The lowest BCUT2D eigenvalue weighted by Gasteiger charge is -2.30. The molecule has 1 aliphatic carbocycles. The average Bonchev–Trinajstić information content (AvgIpc) is 2.96. The van der Waals surface area contributed by atoms with Crippen LogP contribution in [0.3, 0.4) is 0 Å². The van der Waals surface area contributed by atoms with Crippen LogP contribution in [0.15, 0.2) is 96.6 Å². The van der Waals surface area contributed by atoms with Crippen LogP contribution < -0.4 is 9.47 Å². The van der Waals surface area contributed by atoms with Crippen LogP contribution in [0.25, 0.3) is 0 Å². The van der Waals surface area contributed by atoms with E-state index in [4.69, 9.17) is 21.4 Å². The summed E-state index contributed by atoms with van der Waals surface area (Å²) >= 11 is 6.41. The van der Waals surface area contributed by atoms with E-state index in [9.17, 15) is 18.0 Å². The molecule has 3 aromatic carbocycles. The predicted octanol–water partition coefficient (Wildman–Crippen LogP) is 8.20. The van der Waals surface area contributed by atoms with Gasteiger partial charge in [-0.2, -0.15) is 0 Å². The number of ether oxygens (including phenoxy) is 2. The fourth-order valence-corrected chi connectivity index (χ4v) is 5.22. The second-order valence-corrected chi connectivity index (χ2v) is 10.5. The Morgan fingerprint density at radius 1 is 1.02 bits per heavy atom. The number of carboxylic acid groups (broad SMARTS) is 1. The summed E-state index contributed by atoms with van der Waals surface area (Å²) in [5.41, 5.74) is 3.52. The first kappa shape index (κ1) is 31.2. The lowest BCUT2D eigenvalue weighted by atomic mass is 9.87. The van der Waals surface area contributed by atoms with Gasteiger partial charge in [-0.1, -0.05) is 84.4 Å². The van der Waals surface area contributed by atoms with Crippen LogP contribution in [-0.4, -0.2) is 42.0 Å². The minimum absolute atomic E-state index is 0.0461. The van der Waals surface area contributed by atoms with Gasteiger partial charge in [-0.25, -0.2) is 0 Å². The van der Waals surface area contributed by atoms with Gasteiger partial charge in [0.1, 0.15) is 11.5 Å². The zero-order valence-corrected chi connectivity index (χ0v) is 23.8. The van der Waals surface area contributed by atoms with Crippen molar-refractivity contribution in [3.8, 4) is 11.5 Å². The van der Waals surface area contributed by atoms with Gasteiger partial charge < -0.3 is 14.6 Å². The molecule has 0 fully saturated rings. The third kappa shape index (κ3) is 9.67. The van der Waals surface area contributed by atoms with Gasteiger partial charge in [0, 0.05) is 25.6 Å². The highest BCUT2D eigenvalue weighted by Crippen LogP contribution is 2.35. The Bertz CT molecular complexity index is 1390. The first-order valence-corrected chi connectivity index (χ1v) is 14.2. The number of nitrogens with zero attached hydrogens (tertiary/aromatic N) is 1. The van der Waals surface area contributed by atoms with Crippen molar-refractivity contribution in [1.29, 1.82) is 0 Å². The van der Waals surface area contributed by atoms with Crippen molar-refractivity contribution in [2.45, 2.75) is 44.5 Å². The fourth-order valence-electron chi connectivity index (χ4n) is 4.99. The number of halogens is 4. The molecule has 0 radical (unpaired) electrons. The topological polar surface area (TPSA) is 59.0 Å². The van der Waals surface area contributed by atoms with Gasteiger partial charge >= 0.3 is 12.3 Å². The van der Waals surface area contributed by atoms with Crippen molar-refractivity contribution in [2.75, 3.05) is 19.7 Å². The van der Waals surface area contributed by atoms with E-state index in [1.54, 1.807) is 30.3 Å². The highest BCUT2D eigenvalue weighted by Gasteiger charge is 2.32. The molecule has 0 aliphatic heterocycles. The number of benzene rings is 3. The molecule has 0 spiro atoms. The Hall–Kier alpha value is -3.75. The number of alkyl halides is 3. The summed E-state index contributed by atoms with van der Waals surface area (Å²) in [6, 6.07) is 21.6. The maximum atomic E-state index is 13.0. The highest BCUT2D eigenvalue weighted by molar-refractivity contribution is 6.32. The largest absolute Gasteiger partial charge is 0.573 e. The smallest absolute Gasteiger partial charge is 0.494 e. The number of hydrogen-bond acceptors (Lipinski definition) is 4. The molecule has 1 N–H and O–H groups in total. The second-order valence-electron chi connectivity index (χ2n) is 10.1. The molecule has 42 heavy (non-hydrogen) atoms. The quantitative estimate of drug-likeness (QED) is 0.189. The van der Waals surface area contributed by atoms with Gasteiger partial charge in [0.15, 0.2) is 0 Å². The van der Waals surface area contributed by atoms with Crippen LogP contribution in [0.1, 0.15) is 41.9 Å². The van der Waals surface area contributed by atoms with E-state index in [1.807, 2.05) is 18.2 Å². The molecule has 0 aromatic heterocycles. The van der Waals surface area contributed by atoms with Crippen molar-refractivity contribution < 1.29 is 32.5 Å². The molecule has 0 amide bonds. The van der Waals surface area contributed by atoms with Crippen LogP contribution in [0.5, 0.6) is 11.5 Å². The maximum Gasteiger partial charge on any atom is 0.573 e. The molecule has 1 unspecified atom stereocenters. The first-order chi connectivity index (χ1) is 20.2. The van der Waals surface area contributed by atoms with Crippen LogP contribution in [0, 0.1) is 0 Å².